The van der Waals surface area contributed by atoms with E-state index in [1.165, 1.54) is 51.4 Å². The molecule has 2 nitrogen and oxygen atoms in total. The summed E-state index contributed by atoms with van der Waals surface area (Å²) in [6.07, 6.45) is 14.2. The van der Waals surface area contributed by atoms with Crippen molar-refractivity contribution in [3.8, 4) is 0 Å². The molecule has 0 aromatic rings. The number of aldehydes is 2. The summed E-state index contributed by atoms with van der Waals surface area (Å²) in [5.41, 5.74) is 0. The fraction of sp³-hybridized carbons (Fsp3) is 0.857. The molecule has 0 radical (unpaired) electrons. The summed E-state index contributed by atoms with van der Waals surface area (Å²) in [5.74, 6) is 0. The van der Waals surface area contributed by atoms with Crippen LogP contribution in [0.3, 0.4) is 0 Å². The van der Waals surface area contributed by atoms with Crippen LogP contribution in [0.25, 0.3) is 0 Å². The van der Waals surface area contributed by atoms with Crippen LogP contribution in [0.15, 0.2) is 0 Å². The van der Waals surface area contributed by atoms with Crippen LogP contribution in [-0.4, -0.2) is 17.4 Å². The SMILES string of the molecule is CCCCCCCCCCCC=O.O=CC(Cl)Cl. The Labute approximate surface area is 121 Å². The Morgan fingerprint density at radius 1 is 0.833 bits per heavy atom. The van der Waals surface area contributed by atoms with E-state index in [1.807, 2.05) is 0 Å². The molecule has 0 saturated heterocycles. The number of carbonyl (C=O) groups excluding carboxylic acids is 2. The number of hydrogen-bond acceptors (Lipinski definition) is 2. The highest BCUT2D eigenvalue weighted by Gasteiger charge is 1.91. The molecule has 0 aromatic carbocycles. The molecule has 0 heterocycles. The number of hydrogen-bond donors (Lipinski definition) is 0. The first-order valence-electron chi connectivity index (χ1n) is 6.86. The van der Waals surface area contributed by atoms with Gasteiger partial charge in [0.2, 0.25) is 0 Å². The summed E-state index contributed by atoms with van der Waals surface area (Å²) in [5, 5.41) is 0. The summed E-state index contributed by atoms with van der Waals surface area (Å²) in [7, 11) is 0. The normalized spacial score (nSPS) is 9.78. The first kappa shape index (κ1) is 20.2. The summed E-state index contributed by atoms with van der Waals surface area (Å²) in [6.45, 7) is 2.25. The van der Waals surface area contributed by atoms with Crippen LogP contribution in [0.4, 0.5) is 0 Å². The number of rotatable bonds is 11. The Balaban J connectivity index is 0. The summed E-state index contributed by atoms with van der Waals surface area (Å²) in [4.78, 5) is 18.4. The van der Waals surface area contributed by atoms with Gasteiger partial charge in [0.05, 0.1) is 0 Å². The lowest BCUT2D eigenvalue weighted by Gasteiger charge is -1.99. The lowest BCUT2D eigenvalue weighted by atomic mass is 10.1. The van der Waals surface area contributed by atoms with E-state index in [0.717, 1.165) is 19.1 Å². The van der Waals surface area contributed by atoms with Crippen molar-refractivity contribution in [2.45, 2.75) is 76.0 Å². The van der Waals surface area contributed by atoms with E-state index in [9.17, 15) is 9.59 Å². The quantitative estimate of drug-likeness (QED) is 0.302. The minimum absolute atomic E-state index is 0.448. The average Bonchev–Trinajstić information content (AvgIpc) is 2.37. The minimum Gasteiger partial charge on any atom is -0.303 e. The van der Waals surface area contributed by atoms with Crippen LogP contribution < -0.4 is 0 Å². The van der Waals surface area contributed by atoms with E-state index in [-0.39, 0.29) is 0 Å². The Morgan fingerprint density at radius 3 is 1.56 bits per heavy atom. The van der Waals surface area contributed by atoms with Gasteiger partial charge in [-0.3, -0.25) is 0 Å². The number of halogens is 2. The molecule has 0 aliphatic rings. The van der Waals surface area contributed by atoms with Crippen LogP contribution in [0.2, 0.25) is 0 Å². The van der Waals surface area contributed by atoms with Crippen molar-refractivity contribution < 1.29 is 9.59 Å². The van der Waals surface area contributed by atoms with E-state index in [2.05, 4.69) is 6.92 Å². The third-order valence-corrected chi connectivity index (χ3v) is 2.73. The third-order valence-electron chi connectivity index (χ3n) is 2.53. The Hall–Kier alpha value is -0.0800. The molecule has 0 N–H and O–H groups in total. The van der Waals surface area contributed by atoms with Gasteiger partial charge in [-0.1, -0.05) is 81.5 Å². The van der Waals surface area contributed by atoms with Gasteiger partial charge in [-0.05, 0) is 6.42 Å². The molecule has 0 aromatic heterocycles. The molecule has 0 aliphatic heterocycles. The number of carbonyl (C=O) groups is 2. The molecule has 0 aliphatic carbocycles. The fourth-order valence-electron chi connectivity index (χ4n) is 1.54. The Bertz CT molecular complexity index is 173. The number of alkyl halides is 2. The van der Waals surface area contributed by atoms with Crippen LogP contribution >= 0.6 is 23.2 Å². The lowest BCUT2D eigenvalue weighted by molar-refractivity contribution is -0.108. The predicted octanol–water partition coefficient (Wildman–Crippen LogP) is 5.10. The van der Waals surface area contributed by atoms with Crippen LogP contribution in [0, 0.1) is 0 Å². The van der Waals surface area contributed by atoms with Crippen LogP contribution in [0.5, 0.6) is 0 Å². The largest absolute Gasteiger partial charge is 0.303 e. The van der Waals surface area contributed by atoms with Gasteiger partial charge in [-0.15, -0.1) is 0 Å². The van der Waals surface area contributed by atoms with Gasteiger partial charge in [-0.2, -0.15) is 0 Å². The van der Waals surface area contributed by atoms with Gasteiger partial charge in [-0.25, -0.2) is 0 Å². The molecule has 0 bridgehead atoms. The second kappa shape index (κ2) is 19.3. The van der Waals surface area contributed by atoms with Crippen molar-refractivity contribution in [3.05, 3.63) is 0 Å². The molecule has 0 unspecified atom stereocenters. The van der Waals surface area contributed by atoms with Crippen molar-refractivity contribution in [1.82, 2.24) is 0 Å². The third kappa shape index (κ3) is 24.9. The van der Waals surface area contributed by atoms with Gasteiger partial charge < -0.3 is 9.59 Å². The van der Waals surface area contributed by atoms with Gasteiger partial charge in [0, 0.05) is 6.42 Å². The molecule has 0 spiro atoms. The molecular formula is C14H26Cl2O2. The minimum atomic E-state index is -0.852. The molecule has 0 fully saturated rings. The van der Waals surface area contributed by atoms with Gasteiger partial charge >= 0.3 is 0 Å². The van der Waals surface area contributed by atoms with E-state index in [1.54, 1.807) is 0 Å². The topological polar surface area (TPSA) is 34.1 Å². The van der Waals surface area contributed by atoms with E-state index in [0.29, 0.717) is 6.29 Å². The Morgan fingerprint density at radius 2 is 1.22 bits per heavy atom. The maximum Gasteiger partial charge on any atom is 0.162 e. The van der Waals surface area contributed by atoms with Gasteiger partial charge in [0.25, 0.3) is 0 Å². The van der Waals surface area contributed by atoms with E-state index < -0.39 is 4.84 Å². The Kier molecular flexibility index (Phi) is 21.7. The molecule has 0 saturated carbocycles. The standard InChI is InChI=1S/C12H24O.C2H2Cl2O/c1-2-3-4-5-6-7-8-9-10-11-12-13;3-2(4)1-5/h12H,2-11H2,1H3;1-2H. The highest BCUT2D eigenvalue weighted by atomic mass is 35.5. The van der Waals surface area contributed by atoms with E-state index >= 15 is 0 Å². The zero-order chi connectivity index (χ0) is 14.1. The van der Waals surface area contributed by atoms with Crippen molar-refractivity contribution in [2.24, 2.45) is 0 Å². The molecule has 18 heavy (non-hydrogen) atoms. The van der Waals surface area contributed by atoms with Crippen molar-refractivity contribution in [1.29, 1.82) is 0 Å². The highest BCUT2D eigenvalue weighted by molar-refractivity contribution is 6.51. The first-order chi connectivity index (χ1) is 8.68. The van der Waals surface area contributed by atoms with Crippen molar-refractivity contribution in [2.75, 3.05) is 0 Å². The summed E-state index contributed by atoms with van der Waals surface area (Å²) < 4.78 is 0. The van der Waals surface area contributed by atoms with Gasteiger partial charge in [0.1, 0.15) is 6.29 Å². The molecule has 108 valence electrons. The molecule has 0 atom stereocenters. The van der Waals surface area contributed by atoms with Crippen LogP contribution in [-0.2, 0) is 9.59 Å². The monoisotopic (exact) mass is 296 g/mol. The molecule has 4 heteroatoms. The fourth-order valence-corrected chi connectivity index (χ4v) is 1.54. The zero-order valence-corrected chi connectivity index (χ0v) is 12.9. The zero-order valence-electron chi connectivity index (χ0n) is 11.4. The molecule has 0 amide bonds. The first-order valence-corrected chi connectivity index (χ1v) is 7.73. The molecular weight excluding hydrogens is 271 g/mol. The second-order valence-electron chi connectivity index (χ2n) is 4.25. The second-order valence-corrected chi connectivity index (χ2v) is 5.42. The van der Waals surface area contributed by atoms with Crippen LogP contribution in [0.1, 0.15) is 71.1 Å². The smallest absolute Gasteiger partial charge is 0.162 e. The summed E-state index contributed by atoms with van der Waals surface area (Å²) in [6, 6.07) is 0. The maximum absolute atomic E-state index is 10.0. The van der Waals surface area contributed by atoms with Crippen molar-refractivity contribution >= 4 is 35.8 Å². The number of unbranched alkanes of at least 4 members (excludes halogenated alkanes) is 9. The lowest BCUT2D eigenvalue weighted by Crippen LogP contribution is -1.81. The van der Waals surface area contributed by atoms with E-state index in [4.69, 9.17) is 23.2 Å². The van der Waals surface area contributed by atoms with Crippen molar-refractivity contribution in [3.63, 3.8) is 0 Å². The summed E-state index contributed by atoms with van der Waals surface area (Å²) >= 11 is 9.72. The molecule has 0 rings (SSSR count). The predicted molar refractivity (Wildman–Crippen MR) is 79.5 cm³/mol. The van der Waals surface area contributed by atoms with Gasteiger partial charge in [0.15, 0.2) is 11.1 Å². The highest BCUT2D eigenvalue weighted by Crippen LogP contribution is 2.09. The average molecular weight is 297 g/mol. The maximum atomic E-state index is 10.0.